The van der Waals surface area contributed by atoms with Crippen molar-refractivity contribution in [1.29, 1.82) is 0 Å². The van der Waals surface area contributed by atoms with Crippen LogP contribution in [0.1, 0.15) is 276 Å². The minimum Gasteiger partial charge on any atom is -0.0654 e. The van der Waals surface area contributed by atoms with Gasteiger partial charge in [0.1, 0.15) is 0 Å². The molecule has 1 rings (SSSR count). The average molecular weight is 601 g/mol. The summed E-state index contributed by atoms with van der Waals surface area (Å²) >= 11 is 0. The fourth-order valence-electron chi connectivity index (χ4n) is 4.06. The van der Waals surface area contributed by atoms with Gasteiger partial charge in [-0.05, 0) is 0 Å². The van der Waals surface area contributed by atoms with E-state index in [1.54, 1.807) is 0 Å². The second-order valence-corrected chi connectivity index (χ2v) is 12.4. The third-order valence-electron chi connectivity index (χ3n) is 7.24. The van der Waals surface area contributed by atoms with Gasteiger partial charge in [0.25, 0.3) is 0 Å². The highest BCUT2D eigenvalue weighted by atomic mass is 14.0. The van der Waals surface area contributed by atoms with Gasteiger partial charge in [-0.25, -0.2) is 0 Å². The molecule has 0 heterocycles. The molecule has 0 saturated heterocycles. The minimum absolute atomic E-state index is 1.36. The van der Waals surface area contributed by atoms with Crippen LogP contribution in [-0.4, -0.2) is 0 Å². The van der Waals surface area contributed by atoms with E-state index in [-0.39, 0.29) is 0 Å². The van der Waals surface area contributed by atoms with E-state index in [1.165, 1.54) is 193 Å². The normalized spacial score (nSPS) is 11.1. The lowest BCUT2D eigenvalue weighted by Crippen LogP contribution is -1.85. The Morgan fingerprint density at radius 2 is 0.238 bits per heavy atom. The summed E-state index contributed by atoms with van der Waals surface area (Å²) in [6.07, 6.45) is 42.2. The van der Waals surface area contributed by atoms with Crippen LogP contribution in [0, 0.1) is 0 Å². The summed E-state index contributed by atoms with van der Waals surface area (Å²) in [6.45, 7) is 26.8. The molecule has 1 aliphatic rings. The molecule has 1 fully saturated rings. The predicted molar refractivity (Wildman–Crippen MR) is 207 cm³/mol. The van der Waals surface area contributed by atoms with Crippen LogP contribution in [0.4, 0.5) is 0 Å². The van der Waals surface area contributed by atoms with E-state index in [9.17, 15) is 0 Å². The smallest absolute Gasteiger partial charge is 0.0533 e. The van der Waals surface area contributed by atoms with Crippen LogP contribution < -0.4 is 0 Å². The largest absolute Gasteiger partial charge is 0.0654 e. The van der Waals surface area contributed by atoms with Gasteiger partial charge in [-0.2, -0.15) is 0 Å². The summed E-state index contributed by atoms with van der Waals surface area (Å²) in [5.41, 5.74) is 0. The maximum atomic E-state index is 2.23. The second kappa shape index (κ2) is 72.9. The molecule has 0 N–H and O–H groups in total. The molecule has 0 atom stereocenters. The summed E-state index contributed by atoms with van der Waals surface area (Å²) in [4.78, 5) is 0. The number of unbranched alkanes of at least 4 members (excludes halogenated alkanes) is 18. The fourth-order valence-corrected chi connectivity index (χ4v) is 4.06. The van der Waals surface area contributed by atoms with Crippen LogP contribution >= 0.6 is 0 Å². The van der Waals surface area contributed by atoms with Gasteiger partial charge in [-0.1, -0.05) is 276 Å². The van der Waals surface area contributed by atoms with Crippen molar-refractivity contribution in [3.8, 4) is 0 Å². The third-order valence-corrected chi connectivity index (χ3v) is 7.24. The van der Waals surface area contributed by atoms with Crippen molar-refractivity contribution in [2.24, 2.45) is 0 Å². The number of rotatable bonds is 18. The van der Waals surface area contributed by atoms with Gasteiger partial charge < -0.3 is 0 Å². The molecule has 0 aromatic carbocycles. The van der Waals surface area contributed by atoms with Gasteiger partial charge in [0.2, 0.25) is 0 Å². The first-order chi connectivity index (χ1) is 20.5. The third kappa shape index (κ3) is 106. The topological polar surface area (TPSA) is 0 Å². The molecular weight excluding hydrogens is 504 g/mol. The van der Waals surface area contributed by atoms with Crippen LogP contribution in [0.3, 0.4) is 0 Å². The van der Waals surface area contributed by atoms with Crippen LogP contribution in [0.2, 0.25) is 0 Å². The van der Waals surface area contributed by atoms with Gasteiger partial charge in [0.15, 0.2) is 0 Å². The lowest BCUT2D eigenvalue weighted by Gasteiger charge is -2.05. The maximum absolute atomic E-state index is 2.23. The maximum Gasteiger partial charge on any atom is -0.0533 e. The average Bonchev–Trinajstić information content (AvgIpc) is 3.05. The summed E-state index contributed by atoms with van der Waals surface area (Å²) < 4.78 is 0. The Bertz CT molecular complexity index is 193. The zero-order valence-electron chi connectivity index (χ0n) is 33.2. The van der Waals surface area contributed by atoms with E-state index in [0.29, 0.717) is 0 Å². The summed E-state index contributed by atoms with van der Waals surface area (Å²) in [5.74, 6) is 0. The lowest BCUT2D eigenvalue weighted by atomic mass is 10.0. The van der Waals surface area contributed by atoms with Gasteiger partial charge >= 0.3 is 0 Å². The Hall–Kier alpha value is 0. The molecule has 1 aliphatic carbocycles. The standard InChI is InChI=1S/C6H12.6C6H14/c1-2-4-6-5-3-1;6*1-3-5-6-4-2/h1-6H2;6*3-6H2,1-2H3. The summed E-state index contributed by atoms with van der Waals surface area (Å²) in [6, 6.07) is 0. The molecule has 0 aromatic heterocycles. The molecule has 1 saturated carbocycles. The molecule has 0 amide bonds. The van der Waals surface area contributed by atoms with E-state index in [4.69, 9.17) is 0 Å². The van der Waals surface area contributed by atoms with E-state index < -0.39 is 0 Å². The van der Waals surface area contributed by atoms with Crippen LogP contribution in [0.25, 0.3) is 0 Å². The van der Waals surface area contributed by atoms with Crippen molar-refractivity contribution >= 4 is 0 Å². The first kappa shape index (κ1) is 54.5. The van der Waals surface area contributed by atoms with E-state index in [1.807, 2.05) is 0 Å². The molecule has 0 radical (unpaired) electrons. The van der Waals surface area contributed by atoms with Crippen LogP contribution in [0.15, 0.2) is 0 Å². The highest BCUT2D eigenvalue weighted by molar-refractivity contribution is 4.51. The van der Waals surface area contributed by atoms with E-state index in [2.05, 4.69) is 83.1 Å². The van der Waals surface area contributed by atoms with Gasteiger partial charge in [0, 0.05) is 0 Å². The molecule has 0 aliphatic heterocycles. The Morgan fingerprint density at radius 3 is 0.286 bits per heavy atom. The molecule has 0 aromatic rings. The molecule has 264 valence electrons. The van der Waals surface area contributed by atoms with Crippen LogP contribution in [0.5, 0.6) is 0 Å². The Labute approximate surface area is 275 Å². The Balaban J connectivity index is -0.0000000900. The SMILES string of the molecule is C1CCCCC1.CCCCCC.CCCCCC.CCCCCC.CCCCCC.CCCCCC.CCCCCC. The van der Waals surface area contributed by atoms with Crippen molar-refractivity contribution in [3.05, 3.63) is 0 Å². The van der Waals surface area contributed by atoms with Crippen molar-refractivity contribution < 1.29 is 0 Å². The second-order valence-electron chi connectivity index (χ2n) is 12.4. The highest BCUT2D eigenvalue weighted by Gasteiger charge is 1.95. The van der Waals surface area contributed by atoms with Gasteiger partial charge in [0.05, 0.1) is 0 Å². The molecule has 0 bridgehead atoms. The van der Waals surface area contributed by atoms with E-state index >= 15 is 0 Å². The zero-order chi connectivity index (χ0) is 33.2. The van der Waals surface area contributed by atoms with Gasteiger partial charge in [-0.3, -0.25) is 0 Å². The van der Waals surface area contributed by atoms with Crippen molar-refractivity contribution in [2.75, 3.05) is 0 Å². The van der Waals surface area contributed by atoms with Gasteiger partial charge in [-0.15, -0.1) is 0 Å². The number of hydrogen-bond donors (Lipinski definition) is 0. The molecule has 0 nitrogen and oxygen atoms in total. The molecule has 42 heavy (non-hydrogen) atoms. The fraction of sp³-hybridized carbons (Fsp3) is 1.00. The molecule has 0 heteroatoms. The predicted octanol–water partition coefficient (Wildman–Crippen LogP) is 17.9. The molecule has 0 unspecified atom stereocenters. The Kier molecular flexibility index (Phi) is 94.5. The first-order valence-electron chi connectivity index (χ1n) is 20.5. The monoisotopic (exact) mass is 601 g/mol. The summed E-state index contributed by atoms with van der Waals surface area (Å²) in [7, 11) is 0. The van der Waals surface area contributed by atoms with Crippen molar-refractivity contribution in [1.82, 2.24) is 0 Å². The quantitative estimate of drug-likeness (QED) is 0.137. The minimum atomic E-state index is 1.36. The molecular formula is C42H96. The first-order valence-corrected chi connectivity index (χ1v) is 20.5. The van der Waals surface area contributed by atoms with Crippen molar-refractivity contribution in [2.45, 2.75) is 276 Å². The molecule has 0 spiro atoms. The summed E-state index contributed by atoms with van der Waals surface area (Å²) in [5, 5.41) is 0. The number of hydrogen-bond acceptors (Lipinski definition) is 0. The lowest BCUT2D eigenvalue weighted by molar-refractivity contribution is 0.504. The Morgan fingerprint density at radius 1 is 0.167 bits per heavy atom. The van der Waals surface area contributed by atoms with E-state index in [0.717, 1.165) is 0 Å². The zero-order valence-corrected chi connectivity index (χ0v) is 33.2. The highest BCUT2D eigenvalue weighted by Crippen LogP contribution is 2.15. The van der Waals surface area contributed by atoms with Crippen molar-refractivity contribution in [3.63, 3.8) is 0 Å². The van der Waals surface area contributed by atoms with Crippen LogP contribution in [-0.2, 0) is 0 Å².